The molecule has 2 fully saturated rings. The molecule has 3 rings (SSSR count). The molecular formula is C16H24N2O4S2. The van der Waals surface area contributed by atoms with E-state index < -0.39 is 10.0 Å². The number of rotatable bonds is 5. The van der Waals surface area contributed by atoms with Gasteiger partial charge in [0.15, 0.2) is 0 Å². The zero-order valence-electron chi connectivity index (χ0n) is 13.7. The van der Waals surface area contributed by atoms with Crippen molar-refractivity contribution >= 4 is 27.3 Å². The van der Waals surface area contributed by atoms with Crippen LogP contribution in [0.3, 0.4) is 0 Å². The largest absolute Gasteiger partial charge is 0.377 e. The van der Waals surface area contributed by atoms with Crippen LogP contribution in [-0.4, -0.2) is 51.1 Å². The second-order valence-corrected chi connectivity index (χ2v) is 9.40. The minimum atomic E-state index is -3.50. The van der Waals surface area contributed by atoms with E-state index in [0.29, 0.717) is 19.8 Å². The third-order valence-electron chi connectivity index (χ3n) is 4.88. The first-order chi connectivity index (χ1) is 11.5. The topological polar surface area (TPSA) is 75.7 Å². The van der Waals surface area contributed by atoms with Crippen LogP contribution in [0.5, 0.6) is 0 Å². The van der Waals surface area contributed by atoms with Gasteiger partial charge >= 0.3 is 0 Å². The fraction of sp³-hybridized carbons (Fsp3) is 0.688. The van der Waals surface area contributed by atoms with Gasteiger partial charge in [-0.2, -0.15) is 0 Å². The number of hydrogen-bond acceptors (Lipinski definition) is 5. The van der Waals surface area contributed by atoms with Crippen LogP contribution < -0.4 is 4.72 Å². The molecule has 1 aromatic heterocycles. The fourth-order valence-electron chi connectivity index (χ4n) is 3.66. The van der Waals surface area contributed by atoms with E-state index in [1.165, 1.54) is 17.8 Å². The molecule has 6 nitrogen and oxygen atoms in total. The van der Waals surface area contributed by atoms with Gasteiger partial charge in [0.25, 0.3) is 0 Å². The Morgan fingerprint density at radius 1 is 1.33 bits per heavy atom. The van der Waals surface area contributed by atoms with Crippen molar-refractivity contribution in [2.45, 2.75) is 48.3 Å². The molecule has 2 heterocycles. The first kappa shape index (κ1) is 17.8. The van der Waals surface area contributed by atoms with Gasteiger partial charge in [0.1, 0.15) is 4.21 Å². The first-order valence-corrected chi connectivity index (χ1v) is 10.8. The van der Waals surface area contributed by atoms with E-state index in [0.717, 1.165) is 25.7 Å². The van der Waals surface area contributed by atoms with Crippen LogP contribution in [0.25, 0.3) is 0 Å². The molecular weight excluding hydrogens is 348 g/mol. The lowest BCUT2D eigenvalue weighted by Gasteiger charge is -2.49. The van der Waals surface area contributed by atoms with Crippen LogP contribution in [0.2, 0.25) is 0 Å². The highest BCUT2D eigenvalue weighted by Gasteiger charge is 2.42. The van der Waals surface area contributed by atoms with E-state index in [2.05, 4.69) is 4.72 Å². The van der Waals surface area contributed by atoms with Crippen molar-refractivity contribution in [3.05, 3.63) is 17.5 Å². The number of nitrogens with zero attached hydrogens (tertiary/aromatic N) is 1. The smallest absolute Gasteiger partial charge is 0.250 e. The molecule has 134 valence electrons. The van der Waals surface area contributed by atoms with Crippen molar-refractivity contribution in [2.24, 2.45) is 0 Å². The number of ether oxygens (including phenoxy) is 1. The van der Waals surface area contributed by atoms with Crippen molar-refractivity contribution < 1.29 is 17.9 Å². The van der Waals surface area contributed by atoms with Gasteiger partial charge in [-0.05, 0) is 24.3 Å². The van der Waals surface area contributed by atoms with Gasteiger partial charge in [0.05, 0.1) is 18.8 Å². The summed E-state index contributed by atoms with van der Waals surface area (Å²) in [7, 11) is -3.50. The Kier molecular flexibility index (Phi) is 5.59. The minimum absolute atomic E-state index is 0.0223. The van der Waals surface area contributed by atoms with Crippen molar-refractivity contribution in [3.8, 4) is 0 Å². The Morgan fingerprint density at radius 2 is 2.12 bits per heavy atom. The second kappa shape index (κ2) is 7.51. The number of carbonyl (C=O) groups excluding carboxylic acids is 1. The average Bonchev–Trinajstić information content (AvgIpc) is 3.11. The van der Waals surface area contributed by atoms with Gasteiger partial charge in [-0.25, -0.2) is 13.1 Å². The summed E-state index contributed by atoms with van der Waals surface area (Å²) in [5, 5.41) is 1.72. The summed E-state index contributed by atoms with van der Waals surface area (Å²) in [5.74, 6) is 0.0223. The van der Waals surface area contributed by atoms with Crippen LogP contribution in [0.15, 0.2) is 21.7 Å². The lowest BCUT2D eigenvalue weighted by Crippen LogP contribution is -2.60. The van der Waals surface area contributed by atoms with Crippen molar-refractivity contribution in [1.29, 1.82) is 0 Å². The summed E-state index contributed by atoms with van der Waals surface area (Å²) in [6.45, 7) is 1.91. The fourth-order valence-corrected chi connectivity index (χ4v) is 5.73. The number of thiophene rings is 1. The molecule has 24 heavy (non-hydrogen) atoms. The molecule has 1 N–H and O–H groups in total. The normalized spacial score (nSPS) is 21.1. The van der Waals surface area contributed by atoms with Crippen molar-refractivity contribution in [2.75, 3.05) is 26.3 Å². The number of sulfonamides is 1. The van der Waals surface area contributed by atoms with Crippen LogP contribution in [-0.2, 0) is 19.6 Å². The maximum absolute atomic E-state index is 12.7. The van der Waals surface area contributed by atoms with Gasteiger partial charge in [0.2, 0.25) is 15.9 Å². The highest BCUT2D eigenvalue weighted by molar-refractivity contribution is 7.91. The number of nitrogens with one attached hydrogen (secondary N) is 1. The Labute approximate surface area is 147 Å². The Bertz CT molecular complexity index is 643. The Hall–Kier alpha value is -0.960. The van der Waals surface area contributed by atoms with Crippen molar-refractivity contribution in [3.63, 3.8) is 0 Å². The zero-order chi connectivity index (χ0) is 17.0. The van der Waals surface area contributed by atoms with E-state index in [1.807, 2.05) is 4.90 Å². The Balaban J connectivity index is 1.58. The first-order valence-electron chi connectivity index (χ1n) is 8.45. The molecule has 2 aliphatic rings. The van der Waals surface area contributed by atoms with Gasteiger partial charge in [-0.15, -0.1) is 11.3 Å². The molecule has 0 aromatic carbocycles. The SMILES string of the molecule is O=C(CCNS(=O)(=O)c1cccs1)N1CCOCC12CCCCC2. The summed E-state index contributed by atoms with van der Waals surface area (Å²) < 4.78 is 32.7. The highest BCUT2D eigenvalue weighted by atomic mass is 32.2. The molecule has 1 aliphatic carbocycles. The number of amides is 1. The molecule has 1 amide bonds. The maximum Gasteiger partial charge on any atom is 0.250 e. The van der Waals surface area contributed by atoms with E-state index >= 15 is 0 Å². The monoisotopic (exact) mass is 372 g/mol. The lowest BCUT2D eigenvalue weighted by atomic mass is 9.80. The molecule has 0 radical (unpaired) electrons. The molecule has 1 spiro atoms. The molecule has 1 saturated carbocycles. The van der Waals surface area contributed by atoms with Gasteiger partial charge in [0, 0.05) is 19.5 Å². The van der Waals surface area contributed by atoms with E-state index in [1.54, 1.807) is 17.5 Å². The number of carbonyl (C=O) groups is 1. The van der Waals surface area contributed by atoms with Gasteiger partial charge < -0.3 is 9.64 Å². The summed E-state index contributed by atoms with van der Waals surface area (Å²) >= 11 is 1.17. The number of hydrogen-bond donors (Lipinski definition) is 1. The van der Waals surface area contributed by atoms with Gasteiger partial charge in [-0.1, -0.05) is 25.3 Å². The molecule has 1 saturated heterocycles. The molecule has 0 unspecified atom stereocenters. The summed E-state index contributed by atoms with van der Waals surface area (Å²) in [6.07, 6.45) is 5.62. The maximum atomic E-state index is 12.7. The average molecular weight is 373 g/mol. The third-order valence-corrected chi connectivity index (χ3v) is 7.74. The molecule has 0 bridgehead atoms. The predicted octanol–water partition coefficient (Wildman–Crippen LogP) is 1.98. The molecule has 0 atom stereocenters. The van der Waals surface area contributed by atoms with Crippen molar-refractivity contribution in [1.82, 2.24) is 9.62 Å². The minimum Gasteiger partial charge on any atom is -0.377 e. The van der Waals surface area contributed by atoms with Crippen LogP contribution >= 0.6 is 11.3 Å². The molecule has 1 aromatic rings. The quantitative estimate of drug-likeness (QED) is 0.857. The summed E-state index contributed by atoms with van der Waals surface area (Å²) in [4.78, 5) is 14.6. The number of morpholine rings is 1. The van der Waals surface area contributed by atoms with Crippen LogP contribution in [0.1, 0.15) is 38.5 Å². The summed E-state index contributed by atoms with van der Waals surface area (Å²) in [5.41, 5.74) is -0.166. The standard InChI is InChI=1S/C16H24N2O4S2/c19-14(6-9-17-24(20,21)15-5-4-12-23-15)18-10-11-22-13-16(18)7-2-1-3-8-16/h4-5,12,17H,1-3,6-11,13H2. The van der Waals surface area contributed by atoms with Crippen LogP contribution in [0, 0.1) is 0 Å². The lowest BCUT2D eigenvalue weighted by molar-refractivity contribution is -0.152. The summed E-state index contributed by atoms with van der Waals surface area (Å²) in [6, 6.07) is 3.26. The molecule has 1 aliphatic heterocycles. The second-order valence-electron chi connectivity index (χ2n) is 6.46. The van der Waals surface area contributed by atoms with E-state index in [4.69, 9.17) is 4.74 Å². The molecule has 8 heteroatoms. The van der Waals surface area contributed by atoms with E-state index in [-0.39, 0.29) is 28.6 Å². The zero-order valence-corrected chi connectivity index (χ0v) is 15.3. The Morgan fingerprint density at radius 3 is 2.83 bits per heavy atom. The third kappa shape index (κ3) is 3.82. The van der Waals surface area contributed by atoms with E-state index in [9.17, 15) is 13.2 Å². The van der Waals surface area contributed by atoms with Crippen LogP contribution in [0.4, 0.5) is 0 Å². The van der Waals surface area contributed by atoms with Gasteiger partial charge in [-0.3, -0.25) is 4.79 Å². The predicted molar refractivity (Wildman–Crippen MR) is 92.5 cm³/mol. The highest BCUT2D eigenvalue weighted by Crippen LogP contribution is 2.36.